The van der Waals surface area contributed by atoms with Crippen molar-refractivity contribution >= 4 is 17.7 Å². The lowest BCUT2D eigenvalue weighted by atomic mass is 9.96. The van der Waals surface area contributed by atoms with E-state index in [4.69, 9.17) is 0 Å². The fourth-order valence-electron chi connectivity index (χ4n) is 3.79. The van der Waals surface area contributed by atoms with Gasteiger partial charge in [-0.1, -0.05) is 6.07 Å². The normalized spacial score (nSPS) is 17.7. The molecule has 1 aromatic heterocycles. The van der Waals surface area contributed by atoms with E-state index < -0.39 is 0 Å². The van der Waals surface area contributed by atoms with E-state index in [0.29, 0.717) is 13.1 Å². The first-order valence-corrected chi connectivity index (χ1v) is 9.06. The first kappa shape index (κ1) is 20.0. The minimum Gasteiger partial charge on any atom is -0.362 e. The Morgan fingerprint density at radius 3 is 2.65 bits per heavy atom. The first-order chi connectivity index (χ1) is 12.2. The van der Waals surface area contributed by atoms with Gasteiger partial charge < -0.3 is 20.0 Å². The highest BCUT2D eigenvalue weighted by atomic mass is 16.2. The molecule has 0 bridgehead atoms. The molecule has 0 saturated carbocycles. The second kappa shape index (κ2) is 7.93. The molecule has 1 saturated heterocycles. The van der Waals surface area contributed by atoms with Crippen molar-refractivity contribution in [3.63, 3.8) is 0 Å². The molecule has 1 aliphatic rings. The zero-order valence-corrected chi connectivity index (χ0v) is 17.1. The third-order valence-corrected chi connectivity index (χ3v) is 4.58. The van der Waals surface area contributed by atoms with Gasteiger partial charge in [0.05, 0.1) is 12.1 Å². The molecule has 0 spiro atoms. The Labute approximate surface area is 157 Å². The highest BCUT2D eigenvalue weighted by Gasteiger charge is 2.40. The molecule has 144 valence electrons. The van der Waals surface area contributed by atoms with Crippen molar-refractivity contribution in [3.8, 4) is 0 Å². The van der Waals surface area contributed by atoms with E-state index in [9.17, 15) is 4.79 Å². The van der Waals surface area contributed by atoms with Gasteiger partial charge in [0.15, 0.2) is 5.96 Å². The Kier molecular flexibility index (Phi) is 6.10. The van der Waals surface area contributed by atoms with Crippen molar-refractivity contribution < 1.29 is 4.79 Å². The topological polar surface area (TPSA) is 64.1 Å². The third-order valence-electron chi connectivity index (χ3n) is 4.58. The van der Waals surface area contributed by atoms with E-state index in [1.807, 2.05) is 34.9 Å². The number of pyridine rings is 1. The van der Waals surface area contributed by atoms with Crippen LogP contribution in [0.5, 0.6) is 0 Å². The van der Waals surface area contributed by atoms with Gasteiger partial charge in [0.25, 0.3) is 0 Å². The van der Waals surface area contributed by atoms with Crippen LogP contribution in [-0.4, -0.2) is 72.5 Å². The Morgan fingerprint density at radius 2 is 2.12 bits per heavy atom. The maximum atomic E-state index is 12.7. The number of hydrogen-bond acceptors (Lipinski definition) is 4. The molecule has 0 aliphatic carbocycles. The van der Waals surface area contributed by atoms with Gasteiger partial charge in [-0.05, 0) is 33.8 Å². The van der Waals surface area contributed by atoms with Crippen molar-refractivity contribution in [1.29, 1.82) is 0 Å². The number of carbonyl (C=O) groups excluding carboxylic acids is 1. The average Bonchev–Trinajstić information content (AvgIpc) is 2.53. The van der Waals surface area contributed by atoms with Gasteiger partial charge in [0.2, 0.25) is 5.91 Å². The third kappa shape index (κ3) is 4.26. The van der Waals surface area contributed by atoms with Crippen LogP contribution in [0, 0.1) is 0 Å². The maximum Gasteiger partial charge on any atom is 0.242 e. The maximum absolute atomic E-state index is 12.7. The van der Waals surface area contributed by atoms with Gasteiger partial charge >= 0.3 is 0 Å². The number of nitrogens with zero attached hydrogens (tertiary/aromatic N) is 5. The van der Waals surface area contributed by atoms with Gasteiger partial charge in [0.1, 0.15) is 5.82 Å². The molecular weight excluding hydrogens is 328 g/mol. The SMILES string of the molecule is CN=C(NCc1cccnc1N(C)C)N1CC(=O)N(C(C)C)C(C)(C)C1. The van der Waals surface area contributed by atoms with Gasteiger partial charge in [0, 0.05) is 52.0 Å². The first-order valence-electron chi connectivity index (χ1n) is 9.06. The van der Waals surface area contributed by atoms with Crippen molar-refractivity contribution in [2.75, 3.05) is 39.1 Å². The number of rotatable bonds is 4. The fraction of sp³-hybridized carbons (Fsp3) is 0.632. The van der Waals surface area contributed by atoms with E-state index in [1.54, 1.807) is 13.2 Å². The second-order valence-corrected chi connectivity index (χ2v) is 7.81. The largest absolute Gasteiger partial charge is 0.362 e. The van der Waals surface area contributed by atoms with E-state index in [0.717, 1.165) is 23.9 Å². The number of anilines is 1. The van der Waals surface area contributed by atoms with Crippen LogP contribution in [0.2, 0.25) is 0 Å². The lowest BCUT2D eigenvalue weighted by Crippen LogP contribution is -2.66. The molecule has 7 nitrogen and oxygen atoms in total. The minimum atomic E-state index is -0.246. The van der Waals surface area contributed by atoms with Crippen LogP contribution in [0.1, 0.15) is 33.3 Å². The smallest absolute Gasteiger partial charge is 0.242 e. The summed E-state index contributed by atoms with van der Waals surface area (Å²) in [6.07, 6.45) is 1.79. The highest BCUT2D eigenvalue weighted by molar-refractivity contribution is 5.88. The number of aromatic nitrogens is 1. The van der Waals surface area contributed by atoms with E-state index in [1.165, 1.54) is 0 Å². The summed E-state index contributed by atoms with van der Waals surface area (Å²) in [6, 6.07) is 4.17. The van der Waals surface area contributed by atoms with Gasteiger partial charge in [-0.2, -0.15) is 0 Å². The predicted octanol–water partition coefficient (Wildman–Crippen LogP) is 1.55. The standard InChI is InChI=1S/C19H32N6O/c1-14(2)25-16(26)12-24(13-19(25,3)4)18(20-5)22-11-15-9-8-10-21-17(15)23(6)7/h8-10,14H,11-13H2,1-7H3,(H,20,22). The lowest BCUT2D eigenvalue weighted by molar-refractivity contribution is -0.145. The number of nitrogens with one attached hydrogen (secondary N) is 1. The monoisotopic (exact) mass is 360 g/mol. The van der Waals surface area contributed by atoms with Crippen LogP contribution in [0.4, 0.5) is 5.82 Å². The van der Waals surface area contributed by atoms with Gasteiger partial charge in [-0.3, -0.25) is 9.79 Å². The zero-order valence-electron chi connectivity index (χ0n) is 17.1. The molecule has 0 radical (unpaired) electrons. The van der Waals surface area contributed by atoms with E-state index in [-0.39, 0.29) is 17.5 Å². The molecule has 1 aliphatic heterocycles. The molecule has 1 fully saturated rings. The van der Waals surface area contributed by atoms with Crippen molar-refractivity contribution in [2.24, 2.45) is 4.99 Å². The predicted molar refractivity (Wildman–Crippen MR) is 106 cm³/mol. The van der Waals surface area contributed by atoms with E-state index >= 15 is 0 Å². The Hall–Kier alpha value is -2.31. The van der Waals surface area contributed by atoms with Crippen molar-refractivity contribution in [3.05, 3.63) is 23.9 Å². The molecular formula is C19H32N6O. The Morgan fingerprint density at radius 1 is 1.42 bits per heavy atom. The number of guanidine groups is 1. The molecule has 1 N–H and O–H groups in total. The van der Waals surface area contributed by atoms with Crippen molar-refractivity contribution in [1.82, 2.24) is 20.1 Å². The Bertz CT molecular complexity index is 668. The second-order valence-electron chi connectivity index (χ2n) is 7.81. The van der Waals surface area contributed by atoms with Crippen LogP contribution >= 0.6 is 0 Å². The molecule has 1 amide bonds. The summed E-state index contributed by atoms with van der Waals surface area (Å²) in [4.78, 5) is 27.5. The quantitative estimate of drug-likeness (QED) is 0.652. The summed E-state index contributed by atoms with van der Waals surface area (Å²) >= 11 is 0. The van der Waals surface area contributed by atoms with Gasteiger partial charge in [-0.15, -0.1) is 0 Å². The molecule has 1 aromatic rings. The molecule has 2 heterocycles. The van der Waals surface area contributed by atoms with Crippen LogP contribution in [0.3, 0.4) is 0 Å². The van der Waals surface area contributed by atoms with Gasteiger partial charge in [-0.25, -0.2) is 4.98 Å². The van der Waals surface area contributed by atoms with E-state index in [2.05, 4.69) is 49.1 Å². The van der Waals surface area contributed by atoms with Crippen LogP contribution in [-0.2, 0) is 11.3 Å². The molecule has 0 aromatic carbocycles. The number of hydrogen-bond donors (Lipinski definition) is 1. The summed E-state index contributed by atoms with van der Waals surface area (Å²) in [5.74, 6) is 1.80. The summed E-state index contributed by atoms with van der Waals surface area (Å²) < 4.78 is 0. The molecule has 0 unspecified atom stereocenters. The average molecular weight is 361 g/mol. The zero-order chi connectivity index (χ0) is 19.5. The van der Waals surface area contributed by atoms with Crippen molar-refractivity contribution in [2.45, 2.75) is 45.8 Å². The number of carbonyl (C=O) groups is 1. The molecule has 0 atom stereocenters. The Balaban J connectivity index is 2.12. The number of amides is 1. The number of piperazine rings is 1. The fourth-order valence-corrected chi connectivity index (χ4v) is 3.79. The summed E-state index contributed by atoms with van der Waals surface area (Å²) in [7, 11) is 5.71. The lowest BCUT2D eigenvalue weighted by Gasteiger charge is -2.49. The van der Waals surface area contributed by atoms with Crippen LogP contribution < -0.4 is 10.2 Å². The number of aliphatic imine (C=N–C) groups is 1. The highest BCUT2D eigenvalue weighted by Crippen LogP contribution is 2.24. The van der Waals surface area contributed by atoms with Crippen LogP contribution in [0.25, 0.3) is 0 Å². The summed E-state index contributed by atoms with van der Waals surface area (Å²) in [5.41, 5.74) is 0.842. The summed E-state index contributed by atoms with van der Waals surface area (Å²) in [6.45, 7) is 10.0. The molecule has 2 rings (SSSR count). The molecule has 26 heavy (non-hydrogen) atoms. The summed E-state index contributed by atoms with van der Waals surface area (Å²) in [5, 5.41) is 3.39. The molecule has 7 heteroatoms. The van der Waals surface area contributed by atoms with Crippen LogP contribution in [0.15, 0.2) is 23.3 Å². The minimum absolute atomic E-state index is 0.134.